The largest absolute Gasteiger partial charge is 0.338 e. The first-order chi connectivity index (χ1) is 11.7. The van der Waals surface area contributed by atoms with Gasteiger partial charge in [0.05, 0.1) is 16.6 Å². The molecule has 0 aliphatic carbocycles. The van der Waals surface area contributed by atoms with E-state index in [1.54, 1.807) is 16.8 Å². The number of nitrogens with zero attached hydrogens (tertiary/aromatic N) is 3. The molecule has 0 aliphatic heterocycles. The minimum atomic E-state index is -0.0873. The highest BCUT2D eigenvalue weighted by molar-refractivity contribution is 5.83. The van der Waals surface area contributed by atoms with Gasteiger partial charge in [0.25, 0.3) is 5.56 Å². The van der Waals surface area contributed by atoms with Gasteiger partial charge in [-0.1, -0.05) is 12.1 Å². The van der Waals surface area contributed by atoms with Crippen molar-refractivity contribution in [2.45, 2.75) is 13.3 Å². The quantitative estimate of drug-likeness (QED) is 0.618. The Balaban J connectivity index is 2.09. The lowest BCUT2D eigenvalue weighted by molar-refractivity contribution is 1.02. The number of imidazole rings is 1. The van der Waals surface area contributed by atoms with Crippen LogP contribution in [0.5, 0.6) is 0 Å². The van der Waals surface area contributed by atoms with Gasteiger partial charge in [0.15, 0.2) is 0 Å². The molecule has 4 aromatic rings. The molecule has 4 rings (SSSR count). The molecule has 0 fully saturated rings. The van der Waals surface area contributed by atoms with Gasteiger partial charge in [-0.25, -0.2) is 0 Å². The number of fused-ring (bicyclic) bond motifs is 3. The summed E-state index contributed by atoms with van der Waals surface area (Å²) in [5.74, 6) is 0. The summed E-state index contributed by atoms with van der Waals surface area (Å²) in [6.07, 6.45) is 3.89. The van der Waals surface area contributed by atoms with Crippen LogP contribution in [-0.2, 0) is 6.42 Å². The van der Waals surface area contributed by atoms with Gasteiger partial charge in [-0.2, -0.15) is 5.26 Å². The third-order valence-electron chi connectivity index (χ3n) is 4.39. The van der Waals surface area contributed by atoms with Crippen molar-refractivity contribution in [1.29, 1.82) is 5.26 Å². The monoisotopic (exact) mass is 314 g/mol. The maximum atomic E-state index is 13.1. The Labute approximate surface area is 137 Å². The highest BCUT2D eigenvalue weighted by atomic mass is 16.1. The van der Waals surface area contributed by atoms with E-state index in [2.05, 4.69) is 16.0 Å². The van der Waals surface area contributed by atoms with Crippen molar-refractivity contribution < 1.29 is 0 Å². The Kier molecular flexibility index (Phi) is 3.17. The topological polar surface area (TPSA) is 74.0 Å². The van der Waals surface area contributed by atoms with E-state index in [1.807, 2.05) is 43.3 Å². The summed E-state index contributed by atoms with van der Waals surface area (Å²) in [5, 5.41) is 9.63. The van der Waals surface area contributed by atoms with Crippen LogP contribution in [0.3, 0.4) is 0 Å². The lowest BCUT2D eigenvalue weighted by Gasteiger charge is -2.09. The van der Waals surface area contributed by atoms with Crippen LogP contribution in [0, 0.1) is 18.3 Å². The van der Waals surface area contributed by atoms with Gasteiger partial charge in [0.2, 0.25) is 0 Å². The molecule has 0 atom stereocenters. The van der Waals surface area contributed by atoms with Crippen LogP contribution >= 0.6 is 0 Å². The van der Waals surface area contributed by atoms with Crippen molar-refractivity contribution in [2.75, 3.05) is 0 Å². The molecular formula is C19H14N4O. The number of nitriles is 1. The highest BCUT2D eigenvalue weighted by Crippen LogP contribution is 2.22. The molecule has 24 heavy (non-hydrogen) atoms. The Hall–Kier alpha value is -3.39. The zero-order valence-corrected chi connectivity index (χ0v) is 13.1. The summed E-state index contributed by atoms with van der Waals surface area (Å²) < 4.78 is 1.61. The van der Waals surface area contributed by atoms with E-state index in [0.29, 0.717) is 23.2 Å². The van der Waals surface area contributed by atoms with Crippen LogP contribution in [0.1, 0.15) is 22.3 Å². The smallest absolute Gasteiger partial charge is 0.260 e. The van der Waals surface area contributed by atoms with Crippen molar-refractivity contribution in [2.24, 2.45) is 0 Å². The Morgan fingerprint density at radius 3 is 2.71 bits per heavy atom. The third-order valence-corrected chi connectivity index (χ3v) is 4.39. The first-order valence-electron chi connectivity index (χ1n) is 7.64. The highest BCUT2D eigenvalue weighted by Gasteiger charge is 2.18. The van der Waals surface area contributed by atoms with Gasteiger partial charge < -0.3 is 4.98 Å². The summed E-state index contributed by atoms with van der Waals surface area (Å²) in [5.41, 5.74) is 4.96. The Morgan fingerprint density at radius 2 is 1.96 bits per heavy atom. The molecule has 0 bridgehead atoms. The van der Waals surface area contributed by atoms with Gasteiger partial charge >= 0.3 is 0 Å². The zero-order valence-electron chi connectivity index (χ0n) is 13.1. The van der Waals surface area contributed by atoms with Gasteiger partial charge in [0.1, 0.15) is 11.7 Å². The lowest BCUT2D eigenvalue weighted by Crippen LogP contribution is -2.21. The Morgan fingerprint density at radius 1 is 1.21 bits per heavy atom. The molecule has 5 heteroatoms. The molecule has 0 aliphatic rings. The summed E-state index contributed by atoms with van der Waals surface area (Å²) >= 11 is 0. The summed E-state index contributed by atoms with van der Waals surface area (Å²) in [4.78, 5) is 20.3. The van der Waals surface area contributed by atoms with Crippen LogP contribution in [-0.4, -0.2) is 14.4 Å². The van der Waals surface area contributed by atoms with E-state index >= 15 is 0 Å². The molecule has 116 valence electrons. The van der Waals surface area contributed by atoms with E-state index in [-0.39, 0.29) is 5.56 Å². The van der Waals surface area contributed by atoms with Crippen LogP contribution in [0.2, 0.25) is 0 Å². The second-order valence-electron chi connectivity index (χ2n) is 5.75. The zero-order chi connectivity index (χ0) is 16.7. The second-order valence-corrected chi connectivity index (χ2v) is 5.75. The molecule has 0 saturated heterocycles. The van der Waals surface area contributed by atoms with Crippen molar-refractivity contribution in [3.63, 3.8) is 0 Å². The van der Waals surface area contributed by atoms with Gasteiger partial charge in [-0.15, -0.1) is 0 Å². The minimum absolute atomic E-state index is 0.0873. The molecule has 0 radical (unpaired) electrons. The normalized spacial score (nSPS) is 11.0. The van der Waals surface area contributed by atoms with Crippen LogP contribution in [0.25, 0.3) is 16.7 Å². The van der Waals surface area contributed by atoms with Crippen LogP contribution in [0.15, 0.2) is 53.6 Å². The molecule has 3 heterocycles. The summed E-state index contributed by atoms with van der Waals surface area (Å²) in [6.45, 7) is 1.84. The van der Waals surface area contributed by atoms with Crippen molar-refractivity contribution in [1.82, 2.24) is 14.4 Å². The number of nitrogens with one attached hydrogen (secondary N) is 1. The van der Waals surface area contributed by atoms with E-state index in [0.717, 1.165) is 22.2 Å². The standard InChI is InChI=1S/C19H14N4O/c1-12-14(10-13-6-8-21-9-7-13)19(24)23-17-5-3-2-4-16(17)22-18(23)15(12)11-20/h2-9,22H,10H2,1H3. The molecular weight excluding hydrogens is 300 g/mol. The third kappa shape index (κ3) is 2.01. The number of aromatic nitrogens is 3. The predicted molar refractivity (Wildman–Crippen MR) is 92.0 cm³/mol. The van der Waals surface area contributed by atoms with Gasteiger partial charge in [0, 0.05) is 24.4 Å². The second kappa shape index (κ2) is 5.36. The van der Waals surface area contributed by atoms with Crippen molar-refractivity contribution >= 4 is 16.7 Å². The molecule has 0 amide bonds. The molecule has 1 N–H and O–H groups in total. The minimum Gasteiger partial charge on any atom is -0.338 e. The number of benzene rings is 1. The van der Waals surface area contributed by atoms with Crippen LogP contribution in [0.4, 0.5) is 0 Å². The molecule has 5 nitrogen and oxygen atoms in total. The summed E-state index contributed by atoms with van der Waals surface area (Å²) in [6, 6.07) is 13.6. The molecule has 3 aromatic heterocycles. The fourth-order valence-corrected chi connectivity index (χ4v) is 3.14. The van der Waals surface area contributed by atoms with Crippen molar-refractivity contribution in [3.05, 3.63) is 81.4 Å². The molecule has 0 unspecified atom stereocenters. The van der Waals surface area contributed by atoms with Gasteiger partial charge in [-0.05, 0) is 42.3 Å². The number of aromatic amines is 1. The average molecular weight is 314 g/mol. The number of H-pyrrole nitrogens is 1. The fourth-order valence-electron chi connectivity index (χ4n) is 3.14. The first-order valence-corrected chi connectivity index (χ1v) is 7.64. The fraction of sp³-hybridized carbons (Fsp3) is 0.105. The number of hydrogen-bond acceptors (Lipinski definition) is 3. The van der Waals surface area contributed by atoms with E-state index in [9.17, 15) is 10.1 Å². The predicted octanol–water partition coefficient (Wildman–Crippen LogP) is 2.95. The molecule has 0 spiro atoms. The van der Waals surface area contributed by atoms with Crippen molar-refractivity contribution in [3.8, 4) is 6.07 Å². The maximum Gasteiger partial charge on any atom is 0.260 e. The van der Waals surface area contributed by atoms with Gasteiger partial charge in [-0.3, -0.25) is 14.2 Å². The molecule has 0 saturated carbocycles. The Bertz CT molecular complexity index is 1160. The number of hydrogen-bond donors (Lipinski definition) is 1. The molecule has 1 aromatic carbocycles. The number of pyridine rings is 2. The number of para-hydroxylation sites is 2. The SMILES string of the molecule is Cc1c(Cc2ccncc2)c(=O)n2c([nH]c3ccccc32)c1C#N. The van der Waals surface area contributed by atoms with E-state index in [1.165, 1.54) is 0 Å². The van der Waals surface area contributed by atoms with Crippen LogP contribution < -0.4 is 5.56 Å². The van der Waals surface area contributed by atoms with E-state index < -0.39 is 0 Å². The number of rotatable bonds is 2. The average Bonchev–Trinajstić information content (AvgIpc) is 2.99. The first kappa shape index (κ1) is 14.2. The lowest BCUT2D eigenvalue weighted by atomic mass is 9.99. The van der Waals surface area contributed by atoms with E-state index in [4.69, 9.17) is 0 Å². The summed E-state index contributed by atoms with van der Waals surface area (Å²) in [7, 11) is 0. The maximum absolute atomic E-state index is 13.1.